The van der Waals surface area contributed by atoms with Crippen LogP contribution in [0.5, 0.6) is 0 Å². The minimum atomic E-state index is 0.267. The third-order valence-electron chi connectivity index (χ3n) is 5.83. The van der Waals surface area contributed by atoms with E-state index in [1.807, 2.05) is 36.4 Å². The number of benzene rings is 4. The molecule has 0 N–H and O–H groups in total. The third kappa shape index (κ3) is 5.94. The first-order valence-corrected chi connectivity index (χ1v) is 11.2. The van der Waals surface area contributed by atoms with E-state index in [4.69, 9.17) is 4.74 Å². The number of hydrogen-bond acceptors (Lipinski definition) is 2. The van der Waals surface area contributed by atoms with E-state index in [0.717, 1.165) is 0 Å². The van der Waals surface area contributed by atoms with Crippen molar-refractivity contribution in [3.05, 3.63) is 132 Å². The van der Waals surface area contributed by atoms with E-state index < -0.39 is 0 Å². The quantitative estimate of drug-likeness (QED) is 0.279. The van der Waals surface area contributed by atoms with Gasteiger partial charge in [-0.25, -0.2) is 0 Å². The molecular weight excluding hydrogens is 390 g/mol. The number of nitrogens with zero attached hydrogens (tertiary/aromatic N) is 1. The van der Waals surface area contributed by atoms with Gasteiger partial charge in [0.1, 0.15) is 0 Å². The van der Waals surface area contributed by atoms with Gasteiger partial charge in [0.25, 0.3) is 0 Å². The Bertz CT molecular complexity index is 991. The first kappa shape index (κ1) is 22.0. The van der Waals surface area contributed by atoms with Crippen LogP contribution in [0.4, 0.5) is 0 Å². The summed E-state index contributed by atoms with van der Waals surface area (Å²) >= 11 is 0. The lowest BCUT2D eigenvalue weighted by Crippen LogP contribution is -2.38. The summed E-state index contributed by atoms with van der Waals surface area (Å²) in [5.41, 5.74) is 6.69. The zero-order valence-electron chi connectivity index (χ0n) is 18.9. The van der Waals surface area contributed by atoms with Crippen molar-refractivity contribution in [2.24, 2.45) is 0 Å². The second-order valence-corrected chi connectivity index (χ2v) is 8.42. The number of ether oxygens (including phenoxy) is 1. The molecule has 3 aromatic carbocycles. The van der Waals surface area contributed by atoms with Crippen molar-refractivity contribution in [1.29, 1.82) is 0 Å². The third-order valence-corrected chi connectivity index (χ3v) is 5.83. The van der Waals surface area contributed by atoms with Crippen LogP contribution < -0.4 is 0 Å². The Morgan fingerprint density at radius 3 is 1.50 bits per heavy atom. The number of hydrogen-bond donors (Lipinski definition) is 0. The van der Waals surface area contributed by atoms with Gasteiger partial charge in [0.05, 0.1) is 13.2 Å². The minimum Gasteiger partial charge on any atom is -0.375 e. The minimum absolute atomic E-state index is 0.267. The molecule has 0 saturated carbocycles. The summed E-state index contributed by atoms with van der Waals surface area (Å²) in [7, 11) is 4.29. The smallest absolute Gasteiger partial charge is 0.0718 e. The fourth-order valence-electron chi connectivity index (χ4n) is 4.09. The van der Waals surface area contributed by atoms with Gasteiger partial charge < -0.3 is 9.64 Å². The molecule has 2 heteroatoms. The van der Waals surface area contributed by atoms with Crippen LogP contribution in [0.2, 0.25) is 0 Å². The highest BCUT2D eigenvalue weighted by Gasteiger charge is 2.27. The summed E-state index contributed by atoms with van der Waals surface area (Å²) in [6.45, 7) is 1.38. The van der Waals surface area contributed by atoms with E-state index in [9.17, 15) is 0 Å². The van der Waals surface area contributed by atoms with Crippen LogP contribution in [0.25, 0.3) is 11.1 Å². The number of likely N-dealkylation sites (N-methyl/N-ethyl adjacent to an activating group) is 1. The van der Waals surface area contributed by atoms with E-state index in [1.165, 1.54) is 27.8 Å². The van der Waals surface area contributed by atoms with Gasteiger partial charge in [-0.2, -0.15) is 0 Å². The van der Waals surface area contributed by atoms with Crippen molar-refractivity contribution >= 4 is 0 Å². The zero-order valence-corrected chi connectivity index (χ0v) is 18.9. The molecule has 32 heavy (non-hydrogen) atoms. The molecule has 0 heterocycles. The number of rotatable bonds is 8. The van der Waals surface area contributed by atoms with E-state index in [2.05, 4.69) is 97.9 Å². The summed E-state index contributed by atoms with van der Waals surface area (Å²) < 4.78 is 6.15. The molecule has 0 fully saturated rings. The molecule has 0 spiro atoms. The van der Waals surface area contributed by atoms with Crippen molar-refractivity contribution < 1.29 is 4.74 Å². The topological polar surface area (TPSA) is 12.5 Å². The van der Waals surface area contributed by atoms with Crippen LogP contribution in [0.3, 0.4) is 0 Å². The maximum absolute atomic E-state index is 6.15. The summed E-state index contributed by atoms with van der Waals surface area (Å²) in [5, 5.41) is 0. The van der Waals surface area contributed by atoms with Crippen molar-refractivity contribution in [3.63, 3.8) is 0 Å². The summed E-state index contributed by atoms with van der Waals surface area (Å²) in [5.74, 6) is 0.277. The zero-order chi connectivity index (χ0) is 22.2. The molecule has 1 atom stereocenters. The van der Waals surface area contributed by atoms with Gasteiger partial charge in [0.15, 0.2) is 0 Å². The van der Waals surface area contributed by atoms with Gasteiger partial charge >= 0.3 is 0 Å². The Balaban J connectivity index is 0.000000354. The first-order chi connectivity index (χ1) is 15.7. The Morgan fingerprint density at radius 1 is 0.625 bits per heavy atom. The summed E-state index contributed by atoms with van der Waals surface area (Å²) in [6, 6.07) is 40.4. The molecule has 0 aromatic heterocycles. The number of fused-ring (bicyclic) bond motifs is 1. The standard InChI is InChI=1S/C24H25NO.C6H6/c1-25(2)23(17-26-16-18-13-21-15-22(21)14-18)24(19-9-5-3-6-10-19)20-11-7-4-8-12-20;1-2-4-6-5-3-1/h3-15,23-24H,16-17H2,1-2H3;1-6H/t23-;/m1./s1. The second-order valence-electron chi connectivity index (χ2n) is 8.42. The molecule has 3 aromatic rings. The first-order valence-electron chi connectivity index (χ1n) is 11.2. The lowest BCUT2D eigenvalue weighted by atomic mass is 9.85. The SMILES string of the molecule is CN(C)[C@H](COCc1cc2cc-2c1)C(c1ccccc1)c1ccccc1.c1ccccc1. The van der Waals surface area contributed by atoms with Gasteiger partial charge in [-0.1, -0.05) is 97.1 Å². The predicted octanol–water partition coefficient (Wildman–Crippen LogP) is 6.63. The van der Waals surface area contributed by atoms with Crippen LogP contribution in [0.1, 0.15) is 22.6 Å². The molecule has 2 aliphatic carbocycles. The van der Waals surface area contributed by atoms with Crippen molar-refractivity contribution in [1.82, 2.24) is 4.90 Å². The molecule has 0 amide bonds. The largest absolute Gasteiger partial charge is 0.375 e. The van der Waals surface area contributed by atoms with Crippen LogP contribution >= 0.6 is 0 Å². The molecule has 2 aliphatic rings. The molecule has 162 valence electrons. The van der Waals surface area contributed by atoms with Gasteiger partial charge in [0.2, 0.25) is 0 Å². The molecule has 0 saturated heterocycles. The van der Waals surface area contributed by atoms with Crippen LogP contribution in [0, 0.1) is 0 Å². The van der Waals surface area contributed by atoms with E-state index in [-0.39, 0.29) is 12.0 Å². The predicted molar refractivity (Wildman–Crippen MR) is 134 cm³/mol. The van der Waals surface area contributed by atoms with Crippen LogP contribution in [0.15, 0.2) is 115 Å². The fraction of sp³-hybridized carbons (Fsp3) is 0.200. The van der Waals surface area contributed by atoms with Gasteiger partial charge in [0, 0.05) is 12.0 Å². The lowest BCUT2D eigenvalue weighted by Gasteiger charge is -2.33. The van der Waals surface area contributed by atoms with Gasteiger partial charge in [-0.05, 0) is 60.1 Å². The highest BCUT2D eigenvalue weighted by molar-refractivity contribution is 5.82. The Morgan fingerprint density at radius 2 is 1.06 bits per heavy atom. The van der Waals surface area contributed by atoms with Gasteiger partial charge in [-0.15, -0.1) is 0 Å². The molecule has 2 nitrogen and oxygen atoms in total. The Hall–Kier alpha value is -3.20. The van der Waals surface area contributed by atoms with E-state index in [1.54, 1.807) is 0 Å². The molecule has 0 unspecified atom stereocenters. The summed E-state index contributed by atoms with van der Waals surface area (Å²) in [4.78, 5) is 2.28. The van der Waals surface area contributed by atoms with Crippen molar-refractivity contribution in [2.75, 3.05) is 20.7 Å². The average Bonchev–Trinajstić information content (AvgIpc) is 3.46. The summed E-state index contributed by atoms with van der Waals surface area (Å²) in [6.07, 6.45) is 0. The van der Waals surface area contributed by atoms with E-state index in [0.29, 0.717) is 13.2 Å². The molecule has 0 bridgehead atoms. The van der Waals surface area contributed by atoms with Crippen molar-refractivity contribution in [2.45, 2.75) is 18.6 Å². The van der Waals surface area contributed by atoms with Crippen molar-refractivity contribution in [3.8, 4) is 11.1 Å². The highest BCUT2D eigenvalue weighted by atomic mass is 16.5. The normalized spacial score (nSPS) is 12.2. The lowest BCUT2D eigenvalue weighted by molar-refractivity contribution is 0.0626. The maximum Gasteiger partial charge on any atom is 0.0718 e. The maximum atomic E-state index is 6.15. The fourth-order valence-corrected chi connectivity index (χ4v) is 4.09. The van der Waals surface area contributed by atoms with Crippen LogP contribution in [-0.4, -0.2) is 31.6 Å². The molecule has 0 aliphatic heterocycles. The van der Waals surface area contributed by atoms with Crippen LogP contribution in [-0.2, 0) is 11.3 Å². The monoisotopic (exact) mass is 421 g/mol. The Labute approximate surface area is 192 Å². The molecular formula is C30H31NO. The highest BCUT2D eigenvalue weighted by Crippen LogP contribution is 2.36. The Kier molecular flexibility index (Phi) is 7.50. The van der Waals surface area contributed by atoms with Gasteiger partial charge in [-0.3, -0.25) is 0 Å². The second kappa shape index (κ2) is 10.9. The molecule has 0 radical (unpaired) electrons. The van der Waals surface area contributed by atoms with E-state index >= 15 is 0 Å². The average molecular weight is 422 g/mol. The molecule has 5 rings (SSSR count).